The number of aromatic nitrogens is 2. The third-order valence-electron chi connectivity index (χ3n) is 5.05. The van der Waals surface area contributed by atoms with Crippen LogP contribution in [0.25, 0.3) is 22.2 Å². The van der Waals surface area contributed by atoms with Crippen LogP contribution in [-0.4, -0.2) is 28.9 Å². The van der Waals surface area contributed by atoms with E-state index in [1.165, 1.54) is 0 Å². The number of nitrogens with one attached hydrogen (secondary N) is 2. The fourth-order valence-corrected chi connectivity index (χ4v) is 3.34. The SMILES string of the molecule is COc1ccc(CCC(=O)NNC(=O)c2cc(-c3ccncc3)nc3ccccc23)cc1. The van der Waals surface area contributed by atoms with Crippen molar-refractivity contribution in [1.29, 1.82) is 0 Å². The summed E-state index contributed by atoms with van der Waals surface area (Å²) in [5.41, 5.74) is 8.66. The highest BCUT2D eigenvalue weighted by Crippen LogP contribution is 2.24. The van der Waals surface area contributed by atoms with Crippen LogP contribution < -0.4 is 15.6 Å². The van der Waals surface area contributed by atoms with E-state index >= 15 is 0 Å². The molecule has 2 amide bonds. The minimum absolute atomic E-state index is 0.242. The number of ether oxygens (including phenoxy) is 1. The largest absolute Gasteiger partial charge is 0.497 e. The van der Waals surface area contributed by atoms with Gasteiger partial charge in [0.25, 0.3) is 5.91 Å². The molecule has 0 saturated heterocycles. The highest BCUT2D eigenvalue weighted by molar-refractivity contribution is 6.07. The van der Waals surface area contributed by atoms with Crippen LogP contribution in [0.5, 0.6) is 5.75 Å². The lowest BCUT2D eigenvalue weighted by Gasteiger charge is -2.11. The number of para-hydroxylation sites is 1. The summed E-state index contributed by atoms with van der Waals surface area (Å²) in [4.78, 5) is 33.9. The number of amides is 2. The van der Waals surface area contributed by atoms with Gasteiger partial charge in [0.2, 0.25) is 5.91 Å². The summed E-state index contributed by atoms with van der Waals surface area (Å²) in [5, 5.41) is 0.704. The molecule has 0 radical (unpaired) electrons. The number of carbonyl (C=O) groups is 2. The Balaban J connectivity index is 1.45. The van der Waals surface area contributed by atoms with Crippen molar-refractivity contribution < 1.29 is 14.3 Å². The molecular formula is C25H22N4O3. The molecule has 2 N–H and O–H groups in total. The Labute approximate surface area is 185 Å². The molecule has 0 aliphatic rings. The topological polar surface area (TPSA) is 93.2 Å². The Morgan fingerprint density at radius 3 is 2.44 bits per heavy atom. The fraction of sp³-hybridized carbons (Fsp3) is 0.120. The molecule has 4 aromatic rings. The monoisotopic (exact) mass is 426 g/mol. The number of methoxy groups -OCH3 is 1. The van der Waals surface area contributed by atoms with Gasteiger partial charge in [-0.3, -0.25) is 25.4 Å². The molecule has 7 nitrogen and oxygen atoms in total. The molecular weight excluding hydrogens is 404 g/mol. The number of hydrazine groups is 1. The first-order valence-corrected chi connectivity index (χ1v) is 10.2. The molecule has 7 heteroatoms. The smallest absolute Gasteiger partial charge is 0.270 e. The molecule has 4 rings (SSSR count). The van der Waals surface area contributed by atoms with Crippen LogP contribution in [0, 0.1) is 0 Å². The maximum Gasteiger partial charge on any atom is 0.270 e. The maximum atomic E-state index is 12.9. The lowest BCUT2D eigenvalue weighted by atomic mass is 10.0. The maximum absolute atomic E-state index is 12.9. The van der Waals surface area contributed by atoms with Crippen LogP contribution in [0.1, 0.15) is 22.3 Å². The second kappa shape index (κ2) is 9.70. The van der Waals surface area contributed by atoms with Gasteiger partial charge in [-0.2, -0.15) is 0 Å². The summed E-state index contributed by atoms with van der Waals surface area (Å²) < 4.78 is 5.13. The second-order valence-electron chi connectivity index (χ2n) is 7.16. The zero-order valence-corrected chi connectivity index (χ0v) is 17.5. The average molecular weight is 426 g/mol. The van der Waals surface area contributed by atoms with E-state index in [2.05, 4.69) is 20.8 Å². The van der Waals surface area contributed by atoms with E-state index in [9.17, 15) is 9.59 Å². The number of fused-ring (bicyclic) bond motifs is 1. The van der Waals surface area contributed by atoms with Crippen LogP contribution in [0.2, 0.25) is 0 Å². The van der Waals surface area contributed by atoms with Gasteiger partial charge in [-0.25, -0.2) is 4.98 Å². The third-order valence-corrected chi connectivity index (χ3v) is 5.05. The van der Waals surface area contributed by atoms with Crippen molar-refractivity contribution in [3.63, 3.8) is 0 Å². The van der Waals surface area contributed by atoms with Gasteiger partial charge in [0.15, 0.2) is 0 Å². The van der Waals surface area contributed by atoms with E-state index in [-0.39, 0.29) is 12.3 Å². The Morgan fingerprint density at radius 1 is 0.938 bits per heavy atom. The Kier molecular flexibility index (Phi) is 6.36. The molecule has 0 aliphatic heterocycles. The van der Waals surface area contributed by atoms with Crippen molar-refractivity contribution in [1.82, 2.24) is 20.8 Å². The summed E-state index contributed by atoms with van der Waals surface area (Å²) in [7, 11) is 1.61. The standard InChI is InChI=1S/C25H22N4O3/c1-32-19-9-6-17(7-10-19)8-11-24(30)28-29-25(31)21-16-23(18-12-14-26-15-13-18)27-22-5-3-2-4-20(21)22/h2-7,9-10,12-16H,8,11H2,1H3,(H,28,30)(H,29,31). The first-order chi connectivity index (χ1) is 15.6. The number of pyridine rings is 2. The van der Waals surface area contributed by atoms with E-state index in [1.807, 2.05) is 60.7 Å². The van der Waals surface area contributed by atoms with Crippen molar-refractivity contribution in [2.24, 2.45) is 0 Å². The number of hydrogen-bond donors (Lipinski definition) is 2. The Hall–Kier alpha value is -4.26. The Bertz CT molecular complexity index is 1240. The number of rotatable bonds is 6. The van der Waals surface area contributed by atoms with Gasteiger partial charge in [0, 0.05) is 29.8 Å². The van der Waals surface area contributed by atoms with E-state index in [0.29, 0.717) is 28.6 Å². The van der Waals surface area contributed by atoms with Crippen molar-refractivity contribution in [2.45, 2.75) is 12.8 Å². The lowest BCUT2D eigenvalue weighted by Crippen LogP contribution is -2.41. The number of carbonyl (C=O) groups excluding carboxylic acids is 2. The lowest BCUT2D eigenvalue weighted by molar-refractivity contribution is -0.121. The molecule has 2 aromatic heterocycles. The summed E-state index contributed by atoms with van der Waals surface area (Å²) in [6, 6.07) is 20.3. The zero-order valence-electron chi connectivity index (χ0n) is 17.5. The highest BCUT2D eigenvalue weighted by atomic mass is 16.5. The van der Waals surface area contributed by atoms with E-state index < -0.39 is 5.91 Å². The fourth-order valence-electron chi connectivity index (χ4n) is 3.34. The molecule has 0 saturated carbocycles. The quantitative estimate of drug-likeness (QED) is 0.459. The molecule has 0 unspecified atom stereocenters. The van der Waals surface area contributed by atoms with Crippen molar-refractivity contribution in [3.8, 4) is 17.0 Å². The normalized spacial score (nSPS) is 10.5. The molecule has 0 bridgehead atoms. The third kappa shape index (κ3) is 4.89. The summed E-state index contributed by atoms with van der Waals surface area (Å²) in [6.45, 7) is 0. The highest BCUT2D eigenvalue weighted by Gasteiger charge is 2.14. The van der Waals surface area contributed by atoms with Crippen LogP contribution in [0.15, 0.2) is 79.1 Å². The summed E-state index contributed by atoms with van der Waals surface area (Å²) in [5.74, 6) is 0.0831. The van der Waals surface area contributed by atoms with Gasteiger partial charge in [0.1, 0.15) is 5.75 Å². The van der Waals surface area contributed by atoms with Crippen LogP contribution in [0.3, 0.4) is 0 Å². The average Bonchev–Trinajstić information content (AvgIpc) is 2.86. The molecule has 0 aliphatic carbocycles. The number of nitrogens with zero attached hydrogens (tertiary/aromatic N) is 2. The number of hydrogen-bond acceptors (Lipinski definition) is 5. The van der Waals surface area contributed by atoms with Crippen molar-refractivity contribution >= 4 is 22.7 Å². The molecule has 32 heavy (non-hydrogen) atoms. The molecule has 0 atom stereocenters. The Morgan fingerprint density at radius 2 is 1.69 bits per heavy atom. The van der Waals surface area contributed by atoms with Gasteiger partial charge in [0.05, 0.1) is 23.9 Å². The van der Waals surface area contributed by atoms with Crippen molar-refractivity contribution in [2.75, 3.05) is 7.11 Å². The predicted octanol–water partition coefficient (Wildman–Crippen LogP) is 3.70. The summed E-state index contributed by atoms with van der Waals surface area (Å²) >= 11 is 0. The van der Waals surface area contributed by atoms with E-state index in [1.54, 1.807) is 25.6 Å². The minimum Gasteiger partial charge on any atom is -0.497 e. The van der Waals surface area contributed by atoms with Crippen LogP contribution in [-0.2, 0) is 11.2 Å². The molecule has 0 fully saturated rings. The predicted molar refractivity (Wildman–Crippen MR) is 122 cm³/mol. The minimum atomic E-state index is -0.406. The van der Waals surface area contributed by atoms with Crippen LogP contribution in [0.4, 0.5) is 0 Å². The van der Waals surface area contributed by atoms with Gasteiger partial charge in [-0.05, 0) is 48.4 Å². The second-order valence-corrected chi connectivity index (χ2v) is 7.16. The van der Waals surface area contributed by atoms with Gasteiger partial charge >= 0.3 is 0 Å². The van der Waals surface area contributed by atoms with Gasteiger partial charge < -0.3 is 4.74 Å². The van der Waals surface area contributed by atoms with E-state index in [4.69, 9.17) is 4.74 Å². The van der Waals surface area contributed by atoms with Gasteiger partial charge in [-0.1, -0.05) is 30.3 Å². The number of aryl methyl sites for hydroxylation is 1. The van der Waals surface area contributed by atoms with Gasteiger partial charge in [-0.15, -0.1) is 0 Å². The first-order valence-electron chi connectivity index (χ1n) is 10.2. The zero-order chi connectivity index (χ0) is 22.3. The molecule has 2 aromatic carbocycles. The molecule has 0 spiro atoms. The van der Waals surface area contributed by atoms with Crippen molar-refractivity contribution in [3.05, 3.63) is 90.3 Å². The number of benzene rings is 2. The van der Waals surface area contributed by atoms with E-state index in [0.717, 1.165) is 16.9 Å². The first kappa shape index (κ1) is 21.0. The van der Waals surface area contributed by atoms with Crippen LogP contribution >= 0.6 is 0 Å². The molecule has 2 heterocycles. The summed E-state index contributed by atoms with van der Waals surface area (Å²) in [6.07, 6.45) is 4.14. The molecule has 160 valence electrons.